The Morgan fingerprint density at radius 3 is 1.00 bits per heavy atom. The highest BCUT2D eigenvalue weighted by Crippen LogP contribution is 2.38. The van der Waals surface area contributed by atoms with Crippen LogP contribution in [0, 0.1) is 0 Å². The molecule has 450 valence electrons. The lowest BCUT2D eigenvalue weighted by atomic mass is 10.1. The summed E-state index contributed by atoms with van der Waals surface area (Å²) < 4.78 is 34.2. The Morgan fingerprint density at radius 1 is 0.388 bits per heavy atom. The van der Waals surface area contributed by atoms with Crippen molar-refractivity contribution < 1.29 is 42.1 Å². The zero-order valence-corrected chi connectivity index (χ0v) is 51.8. The molecule has 10 heteroatoms. The van der Waals surface area contributed by atoms with E-state index in [9.17, 15) is 19.0 Å². The van der Waals surface area contributed by atoms with Crippen molar-refractivity contribution >= 4 is 19.8 Å². The van der Waals surface area contributed by atoms with Crippen LogP contribution in [-0.4, -0.2) is 70.0 Å². The summed E-state index contributed by atoms with van der Waals surface area (Å²) in [5.74, 6) is -0.884. The average Bonchev–Trinajstić information content (AvgIpc) is 3.42. The second-order valence-electron chi connectivity index (χ2n) is 20.9. The Morgan fingerprint density at radius 2 is 0.675 bits per heavy atom. The number of ether oxygens (including phenoxy) is 2. The Labute approximate surface area is 489 Å². The van der Waals surface area contributed by atoms with Crippen molar-refractivity contribution in [3.05, 3.63) is 170 Å². The third-order valence-electron chi connectivity index (χ3n) is 12.2. The van der Waals surface area contributed by atoms with Crippen molar-refractivity contribution in [2.75, 3.05) is 47.5 Å². The van der Waals surface area contributed by atoms with E-state index < -0.39 is 32.5 Å². The number of unbranched alkanes of at least 4 members (excludes halogenated alkanes) is 12. The van der Waals surface area contributed by atoms with Gasteiger partial charge in [-0.25, -0.2) is 0 Å². The summed E-state index contributed by atoms with van der Waals surface area (Å²) >= 11 is 0. The van der Waals surface area contributed by atoms with Crippen LogP contribution in [0.25, 0.3) is 0 Å². The maximum Gasteiger partial charge on any atom is 0.306 e. The zero-order valence-electron chi connectivity index (χ0n) is 50.9. The molecule has 2 atom stereocenters. The largest absolute Gasteiger partial charge is 0.756 e. The van der Waals surface area contributed by atoms with Crippen molar-refractivity contribution in [3.8, 4) is 0 Å². The van der Waals surface area contributed by atoms with Gasteiger partial charge in [0.05, 0.1) is 27.7 Å². The fourth-order valence-electron chi connectivity index (χ4n) is 7.56. The first-order chi connectivity index (χ1) is 39.0. The normalized spacial score (nSPS) is 14.4. The molecule has 0 aliphatic heterocycles. The van der Waals surface area contributed by atoms with Gasteiger partial charge in [0.15, 0.2) is 6.10 Å². The second kappa shape index (κ2) is 59.0. The molecule has 0 aromatic rings. The van der Waals surface area contributed by atoms with Gasteiger partial charge >= 0.3 is 11.9 Å². The SMILES string of the molecule is CC/C=C\C/C=C\C/C=C\C/C=C\C/C=C\C/C=C\C/C=C\CCCCCCCCCC(=O)OC(COC(=O)CCCCCCC/C=C\C/C=C\C/C=C\C/C=C\C/C=C\C/C=C\C/C=C\CC)COP(=O)([O-])OCC[N+](C)(C)C. The smallest absolute Gasteiger partial charge is 0.306 e. The fraction of sp³-hybridized carbons (Fsp3) is 0.571. The number of likely N-dealkylation sites (N-methyl/N-ethyl adjacent to an activating group) is 1. The first kappa shape index (κ1) is 75.4. The lowest BCUT2D eigenvalue weighted by molar-refractivity contribution is -0.870. The maximum absolute atomic E-state index is 12.8. The molecular formula is C70H112NO8P. The summed E-state index contributed by atoms with van der Waals surface area (Å²) in [6, 6.07) is 0. The standard InChI is InChI=1S/C70H112NO8P/c1-6-8-10-12-14-16-18-20-22-24-26-28-30-32-34-35-37-39-41-43-45-47-49-51-53-55-57-59-61-63-70(73)79-68(67-78-80(74,75)77-65-64-71(3,4)5)66-76-69(72)62-60-58-56-54-52-50-48-46-44-42-40-38-36-33-31-29-27-25-23-21-19-17-15-13-11-9-7-2/h8-11,14-17,20-23,26-29,32-34,36-37,39-40,42-43,45-46,48,68H,6-7,12-13,18-19,24-25,30-31,35,38,41,44,47,49-67H2,1-5H3/b10-8-,11-9-,16-14-,17-15-,22-20-,23-21-,28-26-,29-27-,34-32-,36-33-,39-37-,42-40-,45-43-,48-46-. The highest BCUT2D eigenvalue weighted by atomic mass is 31.2. The van der Waals surface area contributed by atoms with Crippen LogP contribution in [0.1, 0.15) is 206 Å². The molecule has 0 aliphatic rings. The molecular weight excluding hydrogens is 1010 g/mol. The van der Waals surface area contributed by atoms with Gasteiger partial charge in [-0.15, -0.1) is 0 Å². The van der Waals surface area contributed by atoms with Gasteiger partial charge in [0.2, 0.25) is 0 Å². The predicted octanol–water partition coefficient (Wildman–Crippen LogP) is 19.2. The quantitative estimate of drug-likeness (QED) is 0.0195. The molecule has 0 aliphatic carbocycles. The molecule has 0 rings (SSSR count). The van der Waals surface area contributed by atoms with Gasteiger partial charge in [0.25, 0.3) is 7.82 Å². The van der Waals surface area contributed by atoms with Crippen molar-refractivity contribution in [3.63, 3.8) is 0 Å². The minimum atomic E-state index is -4.66. The van der Waals surface area contributed by atoms with E-state index in [2.05, 4.69) is 184 Å². The lowest BCUT2D eigenvalue weighted by Crippen LogP contribution is -2.37. The molecule has 0 heterocycles. The van der Waals surface area contributed by atoms with Crippen molar-refractivity contribution in [2.45, 2.75) is 213 Å². The summed E-state index contributed by atoms with van der Waals surface area (Å²) in [6.45, 7) is 3.95. The second-order valence-corrected chi connectivity index (χ2v) is 22.4. The summed E-state index contributed by atoms with van der Waals surface area (Å²) in [5, 5.41) is 0. The molecule has 0 fully saturated rings. The summed E-state index contributed by atoms with van der Waals surface area (Å²) in [5.41, 5.74) is 0. The molecule has 0 radical (unpaired) electrons. The third kappa shape index (κ3) is 62.6. The molecule has 9 nitrogen and oxygen atoms in total. The van der Waals surface area contributed by atoms with Gasteiger partial charge in [-0.2, -0.15) is 0 Å². The van der Waals surface area contributed by atoms with Crippen LogP contribution < -0.4 is 4.89 Å². The van der Waals surface area contributed by atoms with E-state index in [-0.39, 0.29) is 26.1 Å². The average molecular weight is 1130 g/mol. The van der Waals surface area contributed by atoms with Crippen LogP contribution in [0.4, 0.5) is 0 Å². The first-order valence-electron chi connectivity index (χ1n) is 30.8. The van der Waals surface area contributed by atoms with E-state index >= 15 is 0 Å². The van der Waals surface area contributed by atoms with E-state index in [1.807, 2.05) is 21.1 Å². The van der Waals surface area contributed by atoms with Crippen LogP contribution in [0.2, 0.25) is 0 Å². The molecule has 0 saturated heterocycles. The van der Waals surface area contributed by atoms with E-state index in [4.69, 9.17) is 18.5 Å². The predicted molar refractivity (Wildman–Crippen MR) is 341 cm³/mol. The Balaban J connectivity index is 4.28. The van der Waals surface area contributed by atoms with Crippen LogP contribution in [0.3, 0.4) is 0 Å². The number of hydrogen-bond acceptors (Lipinski definition) is 8. The van der Waals surface area contributed by atoms with Gasteiger partial charge in [0, 0.05) is 12.8 Å². The highest BCUT2D eigenvalue weighted by molar-refractivity contribution is 7.45. The number of hydrogen-bond donors (Lipinski definition) is 0. The topological polar surface area (TPSA) is 111 Å². The van der Waals surface area contributed by atoms with Gasteiger partial charge in [-0.3, -0.25) is 14.2 Å². The Hall–Kier alpha value is -4.63. The number of nitrogens with zero attached hydrogens (tertiary/aromatic N) is 1. The molecule has 0 aromatic heterocycles. The number of allylic oxidation sites excluding steroid dienone is 28. The monoisotopic (exact) mass is 1130 g/mol. The van der Waals surface area contributed by atoms with Crippen LogP contribution in [0.15, 0.2) is 170 Å². The Kier molecular flexibility index (Phi) is 55.6. The van der Waals surface area contributed by atoms with Gasteiger partial charge in [-0.1, -0.05) is 235 Å². The molecule has 2 unspecified atom stereocenters. The zero-order chi connectivity index (χ0) is 58.4. The van der Waals surface area contributed by atoms with E-state index in [0.29, 0.717) is 23.9 Å². The van der Waals surface area contributed by atoms with Gasteiger partial charge in [-0.05, 0) is 128 Å². The number of rotatable bonds is 54. The maximum atomic E-state index is 12.8. The van der Waals surface area contributed by atoms with Crippen LogP contribution >= 0.6 is 7.82 Å². The number of phosphoric acid groups is 1. The van der Waals surface area contributed by atoms with E-state index in [1.54, 1.807) is 0 Å². The minimum absolute atomic E-state index is 0.0474. The van der Waals surface area contributed by atoms with E-state index in [1.165, 1.54) is 12.8 Å². The van der Waals surface area contributed by atoms with Crippen molar-refractivity contribution in [1.82, 2.24) is 0 Å². The lowest BCUT2D eigenvalue weighted by Gasteiger charge is -2.28. The van der Waals surface area contributed by atoms with Gasteiger partial charge < -0.3 is 27.9 Å². The van der Waals surface area contributed by atoms with Crippen LogP contribution in [0.5, 0.6) is 0 Å². The van der Waals surface area contributed by atoms with Gasteiger partial charge in [0.1, 0.15) is 19.8 Å². The Bertz CT molecular complexity index is 1950. The molecule has 0 aromatic carbocycles. The molecule has 0 spiro atoms. The number of esters is 2. The molecule has 0 saturated carbocycles. The number of carbonyl (C=O) groups excluding carboxylic acids is 2. The highest BCUT2D eigenvalue weighted by Gasteiger charge is 2.21. The van der Waals surface area contributed by atoms with Crippen LogP contribution in [-0.2, 0) is 32.7 Å². The van der Waals surface area contributed by atoms with Crippen molar-refractivity contribution in [1.29, 1.82) is 0 Å². The van der Waals surface area contributed by atoms with Crippen molar-refractivity contribution in [2.24, 2.45) is 0 Å². The molecule has 0 amide bonds. The molecule has 0 bridgehead atoms. The number of quaternary nitrogens is 1. The first-order valence-corrected chi connectivity index (χ1v) is 32.3. The number of phosphoric ester groups is 1. The molecule has 80 heavy (non-hydrogen) atoms. The summed E-state index contributed by atoms with van der Waals surface area (Å²) in [4.78, 5) is 38.0. The number of carbonyl (C=O) groups is 2. The fourth-order valence-corrected chi connectivity index (χ4v) is 8.28. The minimum Gasteiger partial charge on any atom is -0.756 e. The summed E-state index contributed by atoms with van der Waals surface area (Å²) in [6.07, 6.45) is 89.7. The third-order valence-corrected chi connectivity index (χ3v) is 13.2. The summed E-state index contributed by atoms with van der Waals surface area (Å²) in [7, 11) is 1.12. The van der Waals surface area contributed by atoms with E-state index in [0.717, 1.165) is 154 Å². The molecule has 0 N–H and O–H groups in total.